The number of ether oxygens (including phenoxy) is 2. The van der Waals surface area contributed by atoms with E-state index in [4.69, 9.17) is 14.6 Å². The molecule has 2 bridgehead atoms. The lowest BCUT2D eigenvalue weighted by Crippen LogP contribution is -2.62. The van der Waals surface area contributed by atoms with Gasteiger partial charge in [-0.25, -0.2) is 0 Å². The Morgan fingerprint density at radius 2 is 2.32 bits per heavy atom. The highest BCUT2D eigenvalue weighted by atomic mass is 19.1. The lowest BCUT2D eigenvalue weighted by atomic mass is 9.66. The highest BCUT2D eigenvalue weighted by Gasteiger charge is 2.63. The number of aliphatic hydroxyl groups excluding tert-OH is 2. The van der Waals surface area contributed by atoms with Gasteiger partial charge in [-0.05, 0) is 25.8 Å². The molecule has 0 aromatic carbocycles. The molecular formula is C15H21FO6. The third-order valence-corrected chi connectivity index (χ3v) is 4.28. The van der Waals surface area contributed by atoms with E-state index in [0.29, 0.717) is 6.42 Å². The Morgan fingerprint density at radius 1 is 1.59 bits per heavy atom. The van der Waals surface area contributed by atoms with Crippen LogP contribution < -0.4 is 0 Å². The molecule has 7 heteroatoms. The first-order valence-corrected chi connectivity index (χ1v) is 7.43. The third kappa shape index (κ3) is 2.75. The molecule has 0 aromatic rings. The van der Waals surface area contributed by atoms with Gasteiger partial charge >= 0.3 is 11.9 Å². The zero-order valence-electron chi connectivity index (χ0n) is 12.4. The van der Waals surface area contributed by atoms with Gasteiger partial charge < -0.3 is 19.7 Å². The van der Waals surface area contributed by atoms with Crippen LogP contribution in [0.4, 0.5) is 4.39 Å². The second-order valence-corrected chi connectivity index (χ2v) is 5.77. The van der Waals surface area contributed by atoms with E-state index in [1.807, 2.05) is 0 Å². The smallest absolute Gasteiger partial charge is 0.330 e. The van der Waals surface area contributed by atoms with Gasteiger partial charge in [-0.15, -0.1) is 0 Å². The van der Waals surface area contributed by atoms with Crippen LogP contribution in [0.5, 0.6) is 0 Å². The Hall–Kier alpha value is -1.47. The van der Waals surface area contributed by atoms with E-state index < -0.39 is 48.3 Å². The van der Waals surface area contributed by atoms with E-state index in [0.717, 1.165) is 0 Å². The summed E-state index contributed by atoms with van der Waals surface area (Å²) in [7, 11) is 0. The van der Waals surface area contributed by atoms with Crippen LogP contribution in [0.25, 0.3) is 0 Å². The number of carbonyl (C=O) groups is 2. The van der Waals surface area contributed by atoms with Gasteiger partial charge in [0.15, 0.2) is 0 Å². The van der Waals surface area contributed by atoms with Crippen molar-refractivity contribution >= 4 is 11.9 Å². The van der Waals surface area contributed by atoms with Crippen molar-refractivity contribution in [3.63, 3.8) is 0 Å². The van der Waals surface area contributed by atoms with Crippen molar-refractivity contribution in [2.75, 3.05) is 13.3 Å². The number of rotatable bonds is 7. The minimum atomic E-state index is -1.89. The Balaban J connectivity index is 2.21. The fraction of sp³-hybridized carbons (Fsp3) is 0.733. The standard InChI is InChI=1S/C15H21FO6/c1-9(5-8-17)21-13(19)15-6-4-11(22-14(15)20)10(12(15)18)3-2-7-16/h4,6,9-12,17-18H,2-3,5,7-8H2,1H3/t9-,10+,11+,12+,15-/m0/s1. The first-order valence-electron chi connectivity index (χ1n) is 7.43. The molecule has 2 heterocycles. The lowest BCUT2D eigenvalue weighted by molar-refractivity contribution is -0.203. The maximum absolute atomic E-state index is 12.4. The largest absolute Gasteiger partial charge is 0.461 e. The minimum Gasteiger partial charge on any atom is -0.461 e. The number of alkyl halides is 1. The third-order valence-electron chi connectivity index (χ3n) is 4.28. The molecule has 1 saturated heterocycles. The highest BCUT2D eigenvalue weighted by Crippen LogP contribution is 2.45. The van der Waals surface area contributed by atoms with Crippen LogP contribution in [-0.4, -0.2) is 53.7 Å². The maximum Gasteiger partial charge on any atom is 0.330 e. The van der Waals surface area contributed by atoms with Crippen molar-refractivity contribution in [1.29, 1.82) is 0 Å². The summed E-state index contributed by atoms with van der Waals surface area (Å²) in [5.74, 6) is -2.27. The van der Waals surface area contributed by atoms with Crippen LogP contribution in [0.15, 0.2) is 12.2 Å². The maximum atomic E-state index is 12.4. The fourth-order valence-electron chi connectivity index (χ4n) is 2.97. The number of carbonyl (C=O) groups excluding carboxylic acids is 2. The molecule has 0 amide bonds. The van der Waals surface area contributed by atoms with Gasteiger partial charge in [0.1, 0.15) is 12.2 Å². The van der Waals surface area contributed by atoms with Crippen LogP contribution >= 0.6 is 0 Å². The number of esters is 2. The molecule has 1 aliphatic carbocycles. The summed E-state index contributed by atoms with van der Waals surface area (Å²) in [6.07, 6.45) is 1.09. The summed E-state index contributed by atoms with van der Waals surface area (Å²) < 4.78 is 22.7. The first-order chi connectivity index (χ1) is 10.5. The molecule has 3 aliphatic rings. The molecule has 1 fully saturated rings. The predicted molar refractivity (Wildman–Crippen MR) is 73.4 cm³/mol. The molecule has 22 heavy (non-hydrogen) atoms. The van der Waals surface area contributed by atoms with Crippen molar-refractivity contribution in [3.05, 3.63) is 12.2 Å². The summed E-state index contributed by atoms with van der Waals surface area (Å²) in [5, 5.41) is 19.3. The molecule has 0 aromatic heterocycles. The number of hydrogen-bond acceptors (Lipinski definition) is 6. The van der Waals surface area contributed by atoms with E-state index in [-0.39, 0.29) is 19.4 Å². The zero-order valence-corrected chi connectivity index (χ0v) is 12.4. The number of halogens is 1. The van der Waals surface area contributed by atoms with Gasteiger partial charge in [0.2, 0.25) is 5.41 Å². The average Bonchev–Trinajstić information content (AvgIpc) is 2.47. The Labute approximate surface area is 127 Å². The zero-order chi connectivity index (χ0) is 16.3. The molecule has 0 saturated carbocycles. The fourth-order valence-corrected chi connectivity index (χ4v) is 2.97. The van der Waals surface area contributed by atoms with E-state index in [2.05, 4.69) is 0 Å². The molecule has 124 valence electrons. The van der Waals surface area contributed by atoms with Gasteiger partial charge in [0, 0.05) is 18.9 Å². The second kappa shape index (κ2) is 6.75. The van der Waals surface area contributed by atoms with Crippen LogP contribution in [0.2, 0.25) is 0 Å². The molecule has 0 unspecified atom stereocenters. The number of hydrogen-bond donors (Lipinski definition) is 2. The van der Waals surface area contributed by atoms with Gasteiger partial charge in [-0.1, -0.05) is 6.08 Å². The van der Waals surface area contributed by atoms with Gasteiger partial charge in [0.25, 0.3) is 0 Å². The van der Waals surface area contributed by atoms with E-state index in [1.54, 1.807) is 13.0 Å². The molecule has 2 aliphatic heterocycles. The predicted octanol–water partition coefficient (Wildman–Crippen LogP) is 0.509. The van der Waals surface area contributed by atoms with Crippen molar-refractivity contribution < 1.29 is 33.7 Å². The van der Waals surface area contributed by atoms with Gasteiger partial charge in [-0.3, -0.25) is 14.0 Å². The first kappa shape index (κ1) is 16.9. The molecule has 0 radical (unpaired) electrons. The van der Waals surface area contributed by atoms with Crippen molar-refractivity contribution in [1.82, 2.24) is 0 Å². The van der Waals surface area contributed by atoms with Crippen molar-refractivity contribution in [3.8, 4) is 0 Å². The van der Waals surface area contributed by atoms with Crippen molar-refractivity contribution in [2.24, 2.45) is 11.3 Å². The summed E-state index contributed by atoms with van der Waals surface area (Å²) in [4.78, 5) is 24.5. The second-order valence-electron chi connectivity index (χ2n) is 5.77. The molecule has 3 rings (SSSR count). The lowest BCUT2D eigenvalue weighted by Gasteiger charge is -2.47. The summed E-state index contributed by atoms with van der Waals surface area (Å²) in [5.41, 5.74) is -1.89. The van der Waals surface area contributed by atoms with Crippen LogP contribution in [0.1, 0.15) is 26.2 Å². The average molecular weight is 316 g/mol. The van der Waals surface area contributed by atoms with Crippen LogP contribution in [0.3, 0.4) is 0 Å². The number of aliphatic hydroxyl groups is 2. The summed E-state index contributed by atoms with van der Waals surface area (Å²) in [6, 6.07) is 0. The van der Waals surface area contributed by atoms with Gasteiger partial charge in [0.05, 0.1) is 12.8 Å². The van der Waals surface area contributed by atoms with E-state index in [9.17, 15) is 19.1 Å². The summed E-state index contributed by atoms with van der Waals surface area (Å²) in [6.45, 7) is 0.880. The SMILES string of the molecule is C[C@@H](CCO)OC(=O)[C@@]12C=C[C@@H](OC1=O)[C@@H](CCCF)[C@H]2O. The molecule has 2 N–H and O–H groups in total. The molecular weight excluding hydrogens is 295 g/mol. The van der Waals surface area contributed by atoms with Gasteiger partial charge in [-0.2, -0.15) is 0 Å². The molecule has 5 atom stereocenters. The monoisotopic (exact) mass is 316 g/mol. The van der Waals surface area contributed by atoms with Crippen LogP contribution in [0, 0.1) is 11.3 Å². The highest BCUT2D eigenvalue weighted by molar-refractivity contribution is 6.04. The van der Waals surface area contributed by atoms with E-state index >= 15 is 0 Å². The normalized spacial score (nSPS) is 34.4. The van der Waals surface area contributed by atoms with Crippen LogP contribution in [-0.2, 0) is 19.1 Å². The molecule has 6 nitrogen and oxygen atoms in total. The summed E-state index contributed by atoms with van der Waals surface area (Å²) >= 11 is 0. The quantitative estimate of drug-likeness (QED) is 0.404. The number of fused-ring (bicyclic) bond motifs is 2. The minimum absolute atomic E-state index is 0.161. The topological polar surface area (TPSA) is 93.1 Å². The Kier molecular flexibility index (Phi) is 5.18. The molecule has 0 spiro atoms. The Morgan fingerprint density at radius 3 is 2.91 bits per heavy atom. The van der Waals surface area contributed by atoms with E-state index in [1.165, 1.54) is 6.08 Å². The Bertz CT molecular complexity index is 465. The van der Waals surface area contributed by atoms with Crippen molar-refractivity contribution in [2.45, 2.75) is 44.5 Å².